The molecule has 1 aromatic heterocycles. The van der Waals surface area contributed by atoms with Crippen molar-refractivity contribution in [2.75, 3.05) is 5.32 Å². The molecule has 0 saturated carbocycles. The van der Waals surface area contributed by atoms with Crippen LogP contribution in [0, 0.1) is 12.7 Å². The van der Waals surface area contributed by atoms with Gasteiger partial charge in [-0.2, -0.15) is 0 Å². The number of amides is 1. The minimum absolute atomic E-state index is 0.0383. The van der Waals surface area contributed by atoms with Gasteiger partial charge in [0.05, 0.1) is 5.69 Å². The van der Waals surface area contributed by atoms with Crippen LogP contribution < -0.4 is 5.32 Å². The predicted octanol–water partition coefficient (Wildman–Crippen LogP) is 5.94. The molecule has 5 nitrogen and oxygen atoms in total. The monoisotopic (exact) mass is 440 g/mol. The second-order valence-electron chi connectivity index (χ2n) is 6.57. The van der Waals surface area contributed by atoms with Gasteiger partial charge in [-0.1, -0.05) is 29.3 Å². The minimum atomic E-state index is -0.518. The minimum Gasteiger partial charge on any atom is -0.319 e. The normalized spacial score (nSPS) is 10.8. The van der Waals surface area contributed by atoms with Gasteiger partial charge >= 0.3 is 0 Å². The Bertz CT molecular complexity index is 1220. The molecule has 1 N–H and O–H groups in total. The summed E-state index contributed by atoms with van der Waals surface area (Å²) < 4.78 is 14.7. The molecule has 1 amide bonds. The summed E-state index contributed by atoms with van der Waals surface area (Å²) in [6.45, 7) is 1.91. The summed E-state index contributed by atoms with van der Waals surface area (Å²) in [5, 5.41) is 8.21. The zero-order valence-electron chi connectivity index (χ0n) is 15.7. The van der Waals surface area contributed by atoms with E-state index in [1.54, 1.807) is 41.1 Å². The summed E-state index contributed by atoms with van der Waals surface area (Å²) in [6.07, 6.45) is 0. The predicted molar refractivity (Wildman–Crippen MR) is 116 cm³/mol. The van der Waals surface area contributed by atoms with Gasteiger partial charge in [0.2, 0.25) is 5.82 Å². The lowest BCUT2D eigenvalue weighted by atomic mass is 10.2. The molecule has 0 unspecified atom stereocenters. The highest BCUT2D eigenvalue weighted by molar-refractivity contribution is 6.31. The lowest BCUT2D eigenvalue weighted by Crippen LogP contribution is -2.14. The number of hydrogen-bond donors (Lipinski definition) is 1. The van der Waals surface area contributed by atoms with Crippen LogP contribution in [0.1, 0.15) is 16.2 Å². The van der Waals surface area contributed by atoms with E-state index in [0.29, 0.717) is 27.2 Å². The molecular weight excluding hydrogens is 426 g/mol. The number of carbonyl (C=O) groups is 1. The van der Waals surface area contributed by atoms with Crippen molar-refractivity contribution >= 4 is 34.8 Å². The Kier molecular flexibility index (Phi) is 5.53. The first kappa shape index (κ1) is 20.1. The highest BCUT2D eigenvalue weighted by Crippen LogP contribution is 2.26. The van der Waals surface area contributed by atoms with Crippen molar-refractivity contribution in [3.8, 4) is 17.1 Å². The van der Waals surface area contributed by atoms with Crippen molar-refractivity contribution in [1.29, 1.82) is 0 Å². The second-order valence-corrected chi connectivity index (χ2v) is 7.44. The number of nitrogens with one attached hydrogen (secondary N) is 1. The van der Waals surface area contributed by atoms with Gasteiger partial charge in [-0.05, 0) is 73.2 Å². The molecule has 0 radical (unpaired) electrons. The van der Waals surface area contributed by atoms with Gasteiger partial charge in [-0.3, -0.25) is 4.79 Å². The fraction of sp³-hybridized carbons (Fsp3) is 0.0455. The number of rotatable bonds is 4. The summed E-state index contributed by atoms with van der Waals surface area (Å²) in [4.78, 5) is 17.2. The van der Waals surface area contributed by atoms with Crippen molar-refractivity contribution < 1.29 is 9.18 Å². The Balaban J connectivity index is 1.79. The number of aromatic nitrogens is 3. The first-order valence-corrected chi connectivity index (χ1v) is 9.73. The first-order valence-electron chi connectivity index (χ1n) is 8.97. The highest BCUT2D eigenvalue weighted by atomic mass is 35.5. The Labute approximate surface area is 182 Å². The molecule has 0 fully saturated rings. The molecule has 3 aromatic carbocycles. The molecule has 4 aromatic rings. The lowest BCUT2D eigenvalue weighted by Gasteiger charge is -2.09. The van der Waals surface area contributed by atoms with Crippen LogP contribution in [0.15, 0.2) is 66.7 Å². The Morgan fingerprint density at radius 2 is 1.63 bits per heavy atom. The Hall–Kier alpha value is -3.22. The van der Waals surface area contributed by atoms with Crippen LogP contribution in [-0.4, -0.2) is 20.7 Å². The van der Waals surface area contributed by atoms with E-state index >= 15 is 0 Å². The summed E-state index contributed by atoms with van der Waals surface area (Å²) >= 11 is 12.2. The molecule has 0 aliphatic heterocycles. The van der Waals surface area contributed by atoms with Crippen molar-refractivity contribution in [1.82, 2.24) is 14.8 Å². The van der Waals surface area contributed by atoms with Gasteiger partial charge in [0.1, 0.15) is 5.82 Å². The van der Waals surface area contributed by atoms with Gasteiger partial charge < -0.3 is 5.32 Å². The molecule has 0 aliphatic carbocycles. The lowest BCUT2D eigenvalue weighted by molar-refractivity contribution is 0.101. The largest absolute Gasteiger partial charge is 0.319 e. The number of carbonyl (C=O) groups excluding carboxylic acids is 1. The van der Waals surface area contributed by atoms with Crippen molar-refractivity contribution in [2.45, 2.75) is 6.92 Å². The van der Waals surface area contributed by atoms with Crippen LogP contribution in [0.3, 0.4) is 0 Å². The van der Waals surface area contributed by atoms with Gasteiger partial charge in [0.15, 0.2) is 5.82 Å². The number of nitrogens with zero attached hydrogens (tertiary/aromatic N) is 3. The molecule has 0 spiro atoms. The van der Waals surface area contributed by atoms with E-state index in [2.05, 4.69) is 15.4 Å². The zero-order valence-corrected chi connectivity index (χ0v) is 17.2. The Morgan fingerprint density at radius 1 is 0.967 bits per heavy atom. The first-order chi connectivity index (χ1) is 14.4. The summed E-state index contributed by atoms with van der Waals surface area (Å²) in [5.74, 6) is -0.489. The van der Waals surface area contributed by atoms with Gasteiger partial charge in [-0.25, -0.2) is 14.1 Å². The molecule has 150 valence electrons. The zero-order chi connectivity index (χ0) is 21.3. The average molecular weight is 441 g/mol. The third kappa shape index (κ3) is 4.20. The van der Waals surface area contributed by atoms with E-state index in [9.17, 15) is 9.18 Å². The molecule has 0 aliphatic rings. The van der Waals surface area contributed by atoms with Gasteiger partial charge in [0, 0.05) is 21.3 Å². The molecular formula is C22H15Cl2FN4O. The van der Waals surface area contributed by atoms with E-state index in [1.165, 1.54) is 24.3 Å². The maximum Gasteiger partial charge on any atom is 0.295 e. The second kappa shape index (κ2) is 8.26. The molecule has 4 rings (SSSR count). The fourth-order valence-electron chi connectivity index (χ4n) is 2.89. The summed E-state index contributed by atoms with van der Waals surface area (Å²) in [6, 6.07) is 17.9. The third-order valence-corrected chi connectivity index (χ3v) is 4.90. The van der Waals surface area contributed by atoms with Crippen molar-refractivity contribution in [3.63, 3.8) is 0 Å². The maximum absolute atomic E-state index is 13.1. The van der Waals surface area contributed by atoms with E-state index in [-0.39, 0.29) is 5.82 Å². The van der Waals surface area contributed by atoms with Crippen molar-refractivity contribution in [2.24, 2.45) is 0 Å². The number of benzene rings is 3. The molecule has 8 heteroatoms. The number of anilines is 1. The molecule has 1 heterocycles. The van der Waals surface area contributed by atoms with E-state index in [1.807, 2.05) is 13.0 Å². The summed E-state index contributed by atoms with van der Waals surface area (Å²) in [5.41, 5.74) is 2.77. The topological polar surface area (TPSA) is 59.8 Å². The highest BCUT2D eigenvalue weighted by Gasteiger charge is 2.20. The third-order valence-electron chi connectivity index (χ3n) is 4.41. The molecule has 0 bridgehead atoms. The quantitative estimate of drug-likeness (QED) is 0.426. The van der Waals surface area contributed by atoms with Crippen LogP contribution in [0.25, 0.3) is 17.1 Å². The number of halogens is 3. The van der Waals surface area contributed by atoms with Crippen LogP contribution in [0.4, 0.5) is 10.1 Å². The molecule has 0 saturated heterocycles. The maximum atomic E-state index is 13.1. The van der Waals surface area contributed by atoms with E-state index < -0.39 is 11.7 Å². The number of hydrogen-bond acceptors (Lipinski definition) is 3. The standard InChI is InChI=1S/C22H15Cl2FN4O/c1-13-2-5-16(24)12-19(13)29-21(14-3-6-15(23)7-4-14)27-20(28-29)22(30)26-18-10-8-17(25)9-11-18/h2-12H,1H3,(H,26,30). The average Bonchev–Trinajstić information content (AvgIpc) is 3.17. The number of aryl methyl sites for hydroxylation is 1. The van der Waals surface area contributed by atoms with E-state index in [4.69, 9.17) is 23.2 Å². The Morgan fingerprint density at radius 3 is 2.33 bits per heavy atom. The van der Waals surface area contributed by atoms with Crippen LogP contribution in [0.2, 0.25) is 10.0 Å². The smallest absolute Gasteiger partial charge is 0.295 e. The van der Waals surface area contributed by atoms with Crippen LogP contribution >= 0.6 is 23.2 Å². The van der Waals surface area contributed by atoms with Crippen LogP contribution in [-0.2, 0) is 0 Å². The van der Waals surface area contributed by atoms with Gasteiger partial charge in [0.25, 0.3) is 5.91 Å². The SMILES string of the molecule is Cc1ccc(Cl)cc1-n1nc(C(=O)Nc2ccc(F)cc2)nc1-c1ccc(Cl)cc1. The van der Waals surface area contributed by atoms with Crippen LogP contribution in [0.5, 0.6) is 0 Å². The summed E-state index contributed by atoms with van der Waals surface area (Å²) in [7, 11) is 0. The molecule has 30 heavy (non-hydrogen) atoms. The molecule has 0 atom stereocenters. The van der Waals surface area contributed by atoms with Gasteiger partial charge in [-0.15, -0.1) is 5.10 Å². The van der Waals surface area contributed by atoms with Crippen molar-refractivity contribution in [3.05, 3.63) is 94.0 Å². The fourth-order valence-corrected chi connectivity index (χ4v) is 3.19. The van der Waals surface area contributed by atoms with E-state index in [0.717, 1.165) is 11.1 Å².